The highest BCUT2D eigenvalue weighted by atomic mass is 32.1. The van der Waals surface area contributed by atoms with Gasteiger partial charge < -0.3 is 10.9 Å². The van der Waals surface area contributed by atoms with Crippen LogP contribution in [0.2, 0.25) is 0 Å². The molecule has 3 nitrogen and oxygen atoms in total. The van der Waals surface area contributed by atoms with Crippen molar-refractivity contribution in [2.24, 2.45) is 10.9 Å². The Balaban J connectivity index is 2.48. The third-order valence-electron chi connectivity index (χ3n) is 2.31. The largest absolute Gasteiger partial charge is 0.409 e. The number of fused-ring (bicyclic) bond motifs is 1. The zero-order valence-electron chi connectivity index (χ0n) is 8.40. The smallest absolute Gasteiger partial charge is 0.143 e. The molecule has 3 N–H and O–H groups in total. The van der Waals surface area contributed by atoms with E-state index in [4.69, 9.17) is 10.9 Å². The molecule has 0 aliphatic carbocycles. The summed E-state index contributed by atoms with van der Waals surface area (Å²) in [6.07, 6.45) is 0.500. The van der Waals surface area contributed by atoms with Gasteiger partial charge in [0.1, 0.15) is 5.84 Å². The van der Waals surface area contributed by atoms with Crippen LogP contribution in [-0.2, 0) is 6.42 Å². The number of thiophene rings is 1. The molecule has 0 bridgehead atoms. The molecule has 0 atom stereocenters. The molecule has 0 unspecified atom stereocenters. The monoisotopic (exact) mass is 220 g/mol. The van der Waals surface area contributed by atoms with E-state index in [1.165, 1.54) is 15.6 Å². The van der Waals surface area contributed by atoms with E-state index in [-0.39, 0.29) is 5.84 Å². The zero-order valence-corrected chi connectivity index (χ0v) is 9.21. The Bertz CT molecular complexity index is 516. The number of nitrogens with zero attached hydrogens (tertiary/aromatic N) is 1. The minimum atomic E-state index is 0.246. The second-order valence-electron chi connectivity index (χ2n) is 3.53. The Kier molecular flexibility index (Phi) is 2.60. The van der Waals surface area contributed by atoms with Crippen LogP contribution in [0, 0.1) is 6.92 Å². The van der Waals surface area contributed by atoms with Crippen molar-refractivity contribution < 1.29 is 5.21 Å². The number of hydrogen-bond donors (Lipinski definition) is 2. The summed E-state index contributed by atoms with van der Waals surface area (Å²) in [5.74, 6) is 0.246. The predicted octanol–water partition coefficient (Wildman–Crippen LogP) is 2.50. The summed E-state index contributed by atoms with van der Waals surface area (Å²) in [4.78, 5) is 0. The van der Waals surface area contributed by atoms with Gasteiger partial charge in [-0.3, -0.25) is 0 Å². The number of oxime groups is 1. The lowest BCUT2D eigenvalue weighted by atomic mass is 10.1. The summed E-state index contributed by atoms with van der Waals surface area (Å²) < 4.78 is 1.24. The van der Waals surface area contributed by atoms with Crippen molar-refractivity contribution in [1.29, 1.82) is 0 Å². The van der Waals surface area contributed by atoms with Gasteiger partial charge in [-0.1, -0.05) is 22.9 Å². The first-order chi connectivity index (χ1) is 7.20. The molecular formula is C11H12N2OS. The third kappa shape index (κ3) is 1.94. The summed E-state index contributed by atoms with van der Waals surface area (Å²) in [7, 11) is 0. The van der Waals surface area contributed by atoms with Gasteiger partial charge in [0.2, 0.25) is 0 Å². The van der Waals surface area contributed by atoms with Crippen molar-refractivity contribution in [1.82, 2.24) is 0 Å². The molecule has 2 rings (SSSR count). The van der Waals surface area contributed by atoms with Crippen molar-refractivity contribution in [2.45, 2.75) is 13.3 Å². The molecule has 78 valence electrons. The Morgan fingerprint density at radius 2 is 2.33 bits per heavy atom. The quantitative estimate of drug-likeness (QED) is 0.353. The van der Waals surface area contributed by atoms with Crippen molar-refractivity contribution in [3.05, 3.63) is 34.7 Å². The van der Waals surface area contributed by atoms with Crippen molar-refractivity contribution in [3.63, 3.8) is 0 Å². The van der Waals surface area contributed by atoms with Crippen LogP contribution in [0.3, 0.4) is 0 Å². The van der Waals surface area contributed by atoms with Gasteiger partial charge in [-0.25, -0.2) is 0 Å². The number of aryl methyl sites for hydroxylation is 1. The summed E-state index contributed by atoms with van der Waals surface area (Å²) in [5, 5.41) is 14.8. The van der Waals surface area contributed by atoms with Crippen molar-refractivity contribution in [3.8, 4) is 0 Å². The van der Waals surface area contributed by atoms with Gasteiger partial charge in [-0.2, -0.15) is 0 Å². The molecule has 0 aliphatic rings. The Labute approximate surface area is 91.8 Å². The highest BCUT2D eigenvalue weighted by molar-refractivity contribution is 7.17. The minimum Gasteiger partial charge on any atom is -0.409 e. The van der Waals surface area contributed by atoms with Crippen LogP contribution in [0.15, 0.2) is 28.7 Å². The van der Waals surface area contributed by atoms with Crippen LogP contribution in [0.4, 0.5) is 0 Å². The van der Waals surface area contributed by atoms with Crippen LogP contribution in [-0.4, -0.2) is 11.0 Å². The maximum absolute atomic E-state index is 8.53. The van der Waals surface area contributed by atoms with Crippen molar-refractivity contribution >= 4 is 27.3 Å². The molecule has 0 saturated heterocycles. The number of amidine groups is 1. The maximum atomic E-state index is 8.53. The SMILES string of the molecule is Cc1ccc2scc(C/C(N)=N/O)c2c1. The predicted molar refractivity (Wildman–Crippen MR) is 63.7 cm³/mol. The molecule has 0 spiro atoms. The molecule has 15 heavy (non-hydrogen) atoms. The number of nitrogens with two attached hydrogens (primary N) is 1. The molecule has 0 radical (unpaired) electrons. The first kappa shape index (κ1) is 9.98. The van der Waals surface area contributed by atoms with Gasteiger partial charge in [0.05, 0.1) is 0 Å². The highest BCUT2D eigenvalue weighted by Gasteiger charge is 2.05. The fraction of sp³-hybridized carbons (Fsp3) is 0.182. The lowest BCUT2D eigenvalue weighted by Gasteiger charge is -1.98. The van der Waals surface area contributed by atoms with Gasteiger partial charge in [-0.05, 0) is 29.3 Å². The van der Waals surface area contributed by atoms with Crippen LogP contribution < -0.4 is 5.73 Å². The normalized spacial score (nSPS) is 12.2. The zero-order chi connectivity index (χ0) is 10.8. The Hall–Kier alpha value is -1.55. The van der Waals surface area contributed by atoms with Gasteiger partial charge in [0, 0.05) is 11.1 Å². The minimum absolute atomic E-state index is 0.246. The Morgan fingerprint density at radius 3 is 3.07 bits per heavy atom. The number of benzene rings is 1. The maximum Gasteiger partial charge on any atom is 0.143 e. The summed E-state index contributed by atoms with van der Waals surface area (Å²) >= 11 is 1.68. The lowest BCUT2D eigenvalue weighted by molar-refractivity contribution is 0.317. The van der Waals surface area contributed by atoms with Crippen LogP contribution in [0.25, 0.3) is 10.1 Å². The average Bonchev–Trinajstić information content (AvgIpc) is 2.61. The van der Waals surface area contributed by atoms with Crippen LogP contribution >= 0.6 is 11.3 Å². The summed E-state index contributed by atoms with van der Waals surface area (Å²) in [6, 6.07) is 6.32. The Morgan fingerprint density at radius 1 is 1.53 bits per heavy atom. The van der Waals surface area contributed by atoms with Gasteiger partial charge >= 0.3 is 0 Å². The lowest BCUT2D eigenvalue weighted by Crippen LogP contribution is -2.14. The molecule has 1 heterocycles. The first-order valence-electron chi connectivity index (χ1n) is 4.64. The molecule has 0 amide bonds. The molecule has 0 saturated carbocycles. The average molecular weight is 220 g/mol. The molecule has 0 aliphatic heterocycles. The first-order valence-corrected chi connectivity index (χ1v) is 5.52. The van der Waals surface area contributed by atoms with E-state index in [0.29, 0.717) is 6.42 Å². The number of hydrogen-bond acceptors (Lipinski definition) is 3. The second kappa shape index (κ2) is 3.90. The van der Waals surface area contributed by atoms with E-state index < -0.39 is 0 Å². The molecule has 1 aromatic carbocycles. The fourth-order valence-corrected chi connectivity index (χ4v) is 2.51. The highest BCUT2D eigenvalue weighted by Crippen LogP contribution is 2.27. The fourth-order valence-electron chi connectivity index (χ4n) is 1.56. The van der Waals surface area contributed by atoms with E-state index >= 15 is 0 Å². The van der Waals surface area contributed by atoms with E-state index in [2.05, 4.69) is 35.7 Å². The van der Waals surface area contributed by atoms with E-state index in [0.717, 1.165) is 5.56 Å². The molecule has 2 aromatic rings. The van der Waals surface area contributed by atoms with Gasteiger partial charge in [0.15, 0.2) is 0 Å². The van der Waals surface area contributed by atoms with Gasteiger partial charge in [-0.15, -0.1) is 11.3 Å². The summed E-state index contributed by atoms with van der Waals surface area (Å²) in [5.41, 5.74) is 7.84. The summed E-state index contributed by atoms with van der Waals surface area (Å²) in [6.45, 7) is 2.06. The van der Waals surface area contributed by atoms with E-state index in [9.17, 15) is 0 Å². The second-order valence-corrected chi connectivity index (χ2v) is 4.44. The molecule has 0 fully saturated rings. The molecule has 4 heteroatoms. The van der Waals surface area contributed by atoms with Gasteiger partial charge in [0.25, 0.3) is 0 Å². The van der Waals surface area contributed by atoms with E-state index in [1.807, 2.05) is 0 Å². The standard InChI is InChI=1S/C11H12N2OS/c1-7-2-3-10-9(4-7)8(6-15-10)5-11(12)13-14/h2-4,6,14H,5H2,1H3,(H2,12,13). The number of rotatable bonds is 2. The third-order valence-corrected chi connectivity index (χ3v) is 3.32. The van der Waals surface area contributed by atoms with E-state index in [1.54, 1.807) is 11.3 Å². The topological polar surface area (TPSA) is 58.6 Å². The molecule has 1 aromatic heterocycles. The van der Waals surface area contributed by atoms with Crippen LogP contribution in [0.1, 0.15) is 11.1 Å². The van der Waals surface area contributed by atoms with Crippen LogP contribution in [0.5, 0.6) is 0 Å². The van der Waals surface area contributed by atoms with Crippen molar-refractivity contribution in [2.75, 3.05) is 0 Å². The molecular weight excluding hydrogens is 208 g/mol.